The van der Waals surface area contributed by atoms with Crippen molar-refractivity contribution in [2.45, 2.75) is 32.4 Å². The van der Waals surface area contributed by atoms with Crippen LogP contribution in [0.15, 0.2) is 85.3 Å². The molecule has 154 valence electrons. The third-order valence-corrected chi connectivity index (χ3v) is 5.86. The van der Waals surface area contributed by atoms with Gasteiger partial charge in [-0.15, -0.1) is 0 Å². The highest BCUT2D eigenvalue weighted by Gasteiger charge is 2.31. The predicted octanol–water partition coefficient (Wildman–Crippen LogP) is 4.97. The monoisotopic (exact) mass is 408 g/mol. The molecule has 1 aliphatic rings. The van der Waals surface area contributed by atoms with Crippen LogP contribution >= 0.6 is 0 Å². The molecule has 1 aliphatic heterocycles. The summed E-state index contributed by atoms with van der Waals surface area (Å²) in [6.45, 7) is 2.72. The van der Waals surface area contributed by atoms with Gasteiger partial charge in [0.25, 0.3) is 5.91 Å². The van der Waals surface area contributed by atoms with Gasteiger partial charge in [0.2, 0.25) is 0 Å². The summed E-state index contributed by atoms with van der Waals surface area (Å²) in [7, 11) is 0. The maximum atomic E-state index is 13.9. The summed E-state index contributed by atoms with van der Waals surface area (Å²) in [5.41, 5.74) is 5.47. The van der Waals surface area contributed by atoms with E-state index in [0.29, 0.717) is 17.8 Å². The van der Waals surface area contributed by atoms with Crippen molar-refractivity contribution in [2.75, 3.05) is 4.90 Å². The van der Waals surface area contributed by atoms with Crippen molar-refractivity contribution in [1.29, 1.82) is 0 Å². The van der Waals surface area contributed by atoms with E-state index < -0.39 is 0 Å². The van der Waals surface area contributed by atoms with Crippen LogP contribution in [0.4, 0.5) is 5.69 Å². The highest BCUT2D eigenvalue weighted by atomic mass is 16.2. The van der Waals surface area contributed by atoms with Crippen molar-refractivity contribution in [1.82, 2.24) is 14.8 Å². The number of hydrogen-bond donors (Lipinski definition) is 0. The van der Waals surface area contributed by atoms with Crippen molar-refractivity contribution in [3.05, 3.63) is 102 Å². The molecule has 4 aromatic rings. The molecule has 0 spiro atoms. The van der Waals surface area contributed by atoms with E-state index in [2.05, 4.69) is 30.1 Å². The molecule has 0 aliphatic carbocycles. The average molecular weight is 409 g/mol. The highest BCUT2D eigenvalue weighted by Crippen LogP contribution is 2.33. The van der Waals surface area contributed by atoms with E-state index in [0.717, 1.165) is 29.7 Å². The minimum atomic E-state index is -0.0159. The zero-order valence-electron chi connectivity index (χ0n) is 17.5. The fourth-order valence-corrected chi connectivity index (χ4v) is 4.27. The van der Waals surface area contributed by atoms with Gasteiger partial charge < -0.3 is 4.90 Å². The molecule has 0 N–H and O–H groups in total. The first-order chi connectivity index (χ1) is 15.2. The highest BCUT2D eigenvalue weighted by molar-refractivity contribution is 6.10. The van der Waals surface area contributed by atoms with E-state index in [1.807, 2.05) is 64.3 Å². The van der Waals surface area contributed by atoms with Crippen LogP contribution in [0.1, 0.15) is 34.8 Å². The number of anilines is 1. The summed E-state index contributed by atoms with van der Waals surface area (Å²) in [6, 6.07) is 22.3. The summed E-state index contributed by atoms with van der Waals surface area (Å²) >= 11 is 0. The fourth-order valence-electron chi connectivity index (χ4n) is 4.27. The van der Waals surface area contributed by atoms with Gasteiger partial charge in [0.15, 0.2) is 0 Å². The zero-order chi connectivity index (χ0) is 21.2. The molecule has 0 saturated carbocycles. The molecule has 5 heteroatoms. The Bertz CT molecular complexity index is 1200. The van der Waals surface area contributed by atoms with Crippen molar-refractivity contribution >= 4 is 11.6 Å². The van der Waals surface area contributed by atoms with Gasteiger partial charge >= 0.3 is 0 Å². The normalized spacial score (nSPS) is 15.5. The molecule has 1 atom stereocenters. The first kappa shape index (κ1) is 19.2. The fraction of sp³-hybridized carbons (Fsp3) is 0.192. The Balaban J connectivity index is 1.58. The van der Waals surface area contributed by atoms with E-state index in [-0.39, 0.29) is 11.9 Å². The number of aryl methyl sites for hydroxylation is 1. The standard InChI is InChI=1S/C26H24N4O/c1-19-13-14-21-10-5-6-12-24(21)30(19)26(31)23-18-29(17-20-8-3-2-4-9-20)28-25(23)22-11-7-15-27-16-22/h2-12,15-16,18-19H,13-14,17H2,1H3/t19-/m0/s1. The molecule has 2 aromatic carbocycles. The van der Waals surface area contributed by atoms with Gasteiger partial charge in [-0.2, -0.15) is 5.10 Å². The van der Waals surface area contributed by atoms with Crippen LogP contribution in [-0.2, 0) is 13.0 Å². The lowest BCUT2D eigenvalue weighted by atomic mass is 9.95. The number of carbonyl (C=O) groups is 1. The smallest absolute Gasteiger partial charge is 0.262 e. The van der Waals surface area contributed by atoms with Crippen LogP contribution in [0.5, 0.6) is 0 Å². The second-order valence-electron chi connectivity index (χ2n) is 8.01. The molecule has 5 rings (SSSR count). The van der Waals surface area contributed by atoms with Gasteiger partial charge in [-0.25, -0.2) is 0 Å². The number of para-hydroxylation sites is 1. The molecule has 0 fully saturated rings. The zero-order valence-corrected chi connectivity index (χ0v) is 17.5. The summed E-state index contributed by atoms with van der Waals surface area (Å²) in [6.07, 6.45) is 7.31. The Morgan fingerprint density at radius 2 is 1.84 bits per heavy atom. The lowest BCUT2D eigenvalue weighted by Gasteiger charge is -2.35. The molecule has 2 aromatic heterocycles. The van der Waals surface area contributed by atoms with Crippen LogP contribution < -0.4 is 4.90 Å². The Morgan fingerprint density at radius 1 is 1.03 bits per heavy atom. The summed E-state index contributed by atoms with van der Waals surface area (Å²) in [5, 5.41) is 4.80. The van der Waals surface area contributed by atoms with Crippen molar-refractivity contribution in [3.8, 4) is 11.3 Å². The number of pyridine rings is 1. The molecule has 1 amide bonds. The topological polar surface area (TPSA) is 51.0 Å². The van der Waals surface area contributed by atoms with Gasteiger partial charge in [0.05, 0.1) is 12.1 Å². The molecule has 0 bridgehead atoms. The Labute approximate surface area is 182 Å². The first-order valence-corrected chi connectivity index (χ1v) is 10.6. The minimum absolute atomic E-state index is 0.0159. The molecule has 0 radical (unpaired) electrons. The van der Waals surface area contributed by atoms with E-state index >= 15 is 0 Å². The van der Waals surface area contributed by atoms with Gasteiger partial charge in [0.1, 0.15) is 5.69 Å². The number of benzene rings is 2. The van der Waals surface area contributed by atoms with Crippen molar-refractivity contribution in [3.63, 3.8) is 0 Å². The molecular formula is C26H24N4O. The second-order valence-corrected chi connectivity index (χ2v) is 8.01. The van der Waals surface area contributed by atoms with Crippen molar-refractivity contribution < 1.29 is 4.79 Å². The molecular weight excluding hydrogens is 384 g/mol. The third kappa shape index (κ3) is 3.75. The number of carbonyl (C=O) groups excluding carboxylic acids is 1. The van der Waals surface area contributed by atoms with Gasteiger partial charge in [-0.3, -0.25) is 14.5 Å². The lowest BCUT2D eigenvalue weighted by molar-refractivity contribution is 0.0975. The van der Waals surface area contributed by atoms with E-state index in [1.165, 1.54) is 5.56 Å². The molecule has 31 heavy (non-hydrogen) atoms. The summed E-state index contributed by atoms with van der Waals surface area (Å²) < 4.78 is 1.85. The van der Waals surface area contributed by atoms with E-state index in [4.69, 9.17) is 5.10 Å². The quantitative estimate of drug-likeness (QED) is 0.479. The number of aromatic nitrogens is 3. The molecule has 3 heterocycles. The first-order valence-electron chi connectivity index (χ1n) is 10.6. The van der Waals surface area contributed by atoms with Crippen LogP contribution in [0.25, 0.3) is 11.3 Å². The second kappa shape index (κ2) is 8.19. The Morgan fingerprint density at radius 3 is 2.65 bits per heavy atom. The van der Waals surface area contributed by atoms with Crippen LogP contribution in [0.3, 0.4) is 0 Å². The van der Waals surface area contributed by atoms with Crippen LogP contribution in [0.2, 0.25) is 0 Å². The largest absolute Gasteiger partial charge is 0.305 e. The maximum Gasteiger partial charge on any atom is 0.262 e. The van der Waals surface area contributed by atoms with Gasteiger partial charge in [0, 0.05) is 35.9 Å². The van der Waals surface area contributed by atoms with Gasteiger partial charge in [-0.1, -0.05) is 48.5 Å². The maximum absolute atomic E-state index is 13.9. The number of amides is 1. The summed E-state index contributed by atoms with van der Waals surface area (Å²) in [4.78, 5) is 20.1. The molecule has 0 unspecified atom stereocenters. The third-order valence-electron chi connectivity index (χ3n) is 5.86. The van der Waals surface area contributed by atoms with Crippen molar-refractivity contribution in [2.24, 2.45) is 0 Å². The number of nitrogens with zero attached hydrogens (tertiary/aromatic N) is 4. The summed E-state index contributed by atoms with van der Waals surface area (Å²) in [5.74, 6) is -0.0159. The number of fused-ring (bicyclic) bond motifs is 1. The average Bonchev–Trinajstić information content (AvgIpc) is 3.24. The van der Waals surface area contributed by atoms with Crippen LogP contribution in [0, 0.1) is 0 Å². The Kier molecular flexibility index (Phi) is 5.08. The van der Waals surface area contributed by atoms with Gasteiger partial charge in [-0.05, 0) is 49.1 Å². The number of rotatable bonds is 4. The SMILES string of the molecule is C[C@H]1CCc2ccccc2N1C(=O)c1cn(Cc2ccccc2)nc1-c1cccnc1. The molecule has 5 nitrogen and oxygen atoms in total. The van der Waals surface area contributed by atoms with Crippen LogP contribution in [-0.4, -0.2) is 26.7 Å². The van der Waals surface area contributed by atoms with E-state index in [9.17, 15) is 4.79 Å². The Hall–Kier alpha value is -3.73. The van der Waals surface area contributed by atoms with E-state index in [1.54, 1.807) is 12.4 Å². The predicted molar refractivity (Wildman–Crippen MR) is 122 cm³/mol. The number of hydrogen-bond acceptors (Lipinski definition) is 3. The lowest BCUT2D eigenvalue weighted by Crippen LogP contribution is -2.42. The minimum Gasteiger partial charge on any atom is -0.305 e. The molecule has 0 saturated heterocycles.